The Morgan fingerprint density at radius 1 is 1.24 bits per heavy atom. The molecule has 1 N–H and O–H groups in total. The van der Waals surface area contributed by atoms with E-state index in [0.29, 0.717) is 17.5 Å². The lowest BCUT2D eigenvalue weighted by Crippen LogP contribution is -2.47. The fourth-order valence-corrected chi connectivity index (χ4v) is 2.99. The molecule has 0 aliphatic rings. The summed E-state index contributed by atoms with van der Waals surface area (Å²) in [5.41, 5.74) is 0.801. The summed E-state index contributed by atoms with van der Waals surface area (Å²) in [6, 6.07) is 8.55. The average Bonchev–Trinajstić information content (AvgIpc) is 3.18. The van der Waals surface area contributed by atoms with Crippen molar-refractivity contribution >= 4 is 22.9 Å². The number of aromatic nitrogens is 4. The van der Waals surface area contributed by atoms with Gasteiger partial charge >= 0.3 is 5.97 Å². The van der Waals surface area contributed by atoms with E-state index < -0.39 is 17.9 Å². The molecule has 0 fully saturated rings. The molecular formula is C20H23N5O4. The summed E-state index contributed by atoms with van der Waals surface area (Å²) in [4.78, 5) is 41.5. The number of methoxy groups -OCH3 is 1. The molecule has 0 aliphatic carbocycles. The SMILES string of the molecule is CC[C@H](C)[C@H](NC(=O)Cn1cnc2c(cnn2-c2ccccc2)c1=O)C(=O)OC. The maximum Gasteiger partial charge on any atom is 0.328 e. The van der Waals surface area contributed by atoms with E-state index in [4.69, 9.17) is 4.74 Å². The van der Waals surface area contributed by atoms with Crippen LogP contribution in [0.1, 0.15) is 20.3 Å². The van der Waals surface area contributed by atoms with Crippen LogP contribution >= 0.6 is 0 Å². The van der Waals surface area contributed by atoms with E-state index in [9.17, 15) is 14.4 Å². The van der Waals surface area contributed by atoms with E-state index in [1.165, 1.54) is 24.2 Å². The van der Waals surface area contributed by atoms with Crippen LogP contribution in [-0.2, 0) is 20.9 Å². The Morgan fingerprint density at radius 2 is 1.97 bits per heavy atom. The summed E-state index contributed by atoms with van der Waals surface area (Å²) in [6.45, 7) is 3.50. The Balaban J connectivity index is 1.84. The van der Waals surface area contributed by atoms with Crippen LogP contribution < -0.4 is 10.9 Å². The fraction of sp³-hybridized carbons (Fsp3) is 0.350. The summed E-state index contributed by atoms with van der Waals surface area (Å²) in [5.74, 6) is -1.09. The number of ether oxygens (including phenoxy) is 1. The Hall–Kier alpha value is -3.49. The average molecular weight is 397 g/mol. The molecular weight excluding hydrogens is 374 g/mol. The number of nitrogens with one attached hydrogen (secondary N) is 1. The first kappa shape index (κ1) is 20.2. The molecule has 0 unspecified atom stereocenters. The van der Waals surface area contributed by atoms with Crippen molar-refractivity contribution in [1.82, 2.24) is 24.6 Å². The van der Waals surface area contributed by atoms with Crippen LogP contribution in [0.15, 0.2) is 47.7 Å². The Kier molecular flexibility index (Phi) is 6.06. The van der Waals surface area contributed by atoms with E-state index >= 15 is 0 Å². The number of esters is 1. The van der Waals surface area contributed by atoms with Crippen molar-refractivity contribution < 1.29 is 14.3 Å². The molecule has 3 rings (SSSR count). The summed E-state index contributed by atoms with van der Waals surface area (Å²) >= 11 is 0. The molecule has 1 aromatic carbocycles. The van der Waals surface area contributed by atoms with Gasteiger partial charge in [-0.05, 0) is 18.1 Å². The van der Waals surface area contributed by atoms with E-state index in [1.54, 1.807) is 4.68 Å². The quantitative estimate of drug-likeness (QED) is 0.602. The second-order valence-electron chi connectivity index (χ2n) is 6.76. The number of rotatable bonds is 7. The minimum Gasteiger partial charge on any atom is -0.467 e. The van der Waals surface area contributed by atoms with Crippen LogP contribution in [0.4, 0.5) is 0 Å². The molecule has 9 nitrogen and oxygen atoms in total. The number of amides is 1. The largest absolute Gasteiger partial charge is 0.467 e. The predicted octanol–water partition coefficient (Wildman–Crippen LogP) is 1.29. The highest BCUT2D eigenvalue weighted by atomic mass is 16.5. The van der Waals surface area contributed by atoms with Crippen molar-refractivity contribution in [3.8, 4) is 5.69 Å². The summed E-state index contributed by atoms with van der Waals surface area (Å²) in [5, 5.41) is 7.20. The number of carbonyl (C=O) groups is 2. The molecule has 29 heavy (non-hydrogen) atoms. The van der Waals surface area contributed by atoms with E-state index in [1.807, 2.05) is 44.2 Å². The number of hydrogen-bond donors (Lipinski definition) is 1. The van der Waals surface area contributed by atoms with Gasteiger partial charge in [-0.25, -0.2) is 14.5 Å². The lowest BCUT2D eigenvalue weighted by molar-refractivity contribution is -0.146. The highest BCUT2D eigenvalue weighted by Crippen LogP contribution is 2.13. The summed E-state index contributed by atoms with van der Waals surface area (Å²) in [7, 11) is 1.27. The van der Waals surface area contributed by atoms with Crippen molar-refractivity contribution in [3.63, 3.8) is 0 Å². The minimum atomic E-state index is -0.772. The van der Waals surface area contributed by atoms with Gasteiger partial charge in [0.2, 0.25) is 5.91 Å². The number of carbonyl (C=O) groups excluding carboxylic acids is 2. The van der Waals surface area contributed by atoms with Gasteiger partial charge in [0.1, 0.15) is 24.3 Å². The molecule has 9 heteroatoms. The van der Waals surface area contributed by atoms with Crippen LogP contribution in [-0.4, -0.2) is 44.4 Å². The molecule has 0 bridgehead atoms. The van der Waals surface area contributed by atoms with E-state index in [2.05, 4.69) is 15.4 Å². The highest BCUT2D eigenvalue weighted by Gasteiger charge is 2.26. The van der Waals surface area contributed by atoms with Gasteiger partial charge in [-0.15, -0.1) is 0 Å². The Labute approximate surface area is 167 Å². The first-order chi connectivity index (χ1) is 14.0. The number of para-hydroxylation sites is 1. The molecule has 2 aromatic heterocycles. The Morgan fingerprint density at radius 3 is 2.62 bits per heavy atom. The molecule has 0 saturated heterocycles. The maximum atomic E-state index is 12.8. The van der Waals surface area contributed by atoms with Gasteiger partial charge in [0.15, 0.2) is 5.65 Å². The Bertz CT molecular complexity index is 1070. The van der Waals surface area contributed by atoms with Gasteiger partial charge in [0.25, 0.3) is 5.56 Å². The van der Waals surface area contributed by atoms with Gasteiger partial charge in [-0.1, -0.05) is 38.5 Å². The predicted molar refractivity (Wildman–Crippen MR) is 107 cm³/mol. The molecule has 0 radical (unpaired) electrons. The third-order valence-electron chi connectivity index (χ3n) is 4.85. The zero-order valence-electron chi connectivity index (χ0n) is 16.5. The molecule has 2 atom stereocenters. The molecule has 1 amide bonds. The van der Waals surface area contributed by atoms with E-state index in [0.717, 1.165) is 5.69 Å². The van der Waals surface area contributed by atoms with Crippen LogP contribution in [0.3, 0.4) is 0 Å². The van der Waals surface area contributed by atoms with Crippen LogP contribution in [0.2, 0.25) is 0 Å². The number of fused-ring (bicyclic) bond motifs is 1. The maximum absolute atomic E-state index is 12.8. The third-order valence-corrected chi connectivity index (χ3v) is 4.85. The first-order valence-corrected chi connectivity index (χ1v) is 9.32. The van der Waals surface area contributed by atoms with Gasteiger partial charge in [0.05, 0.1) is 19.0 Å². The summed E-state index contributed by atoms with van der Waals surface area (Å²) in [6.07, 6.45) is 3.43. The van der Waals surface area contributed by atoms with Crippen molar-refractivity contribution in [2.45, 2.75) is 32.9 Å². The van der Waals surface area contributed by atoms with Crippen molar-refractivity contribution in [2.24, 2.45) is 5.92 Å². The minimum absolute atomic E-state index is 0.104. The lowest BCUT2D eigenvalue weighted by atomic mass is 9.99. The monoisotopic (exact) mass is 397 g/mol. The molecule has 2 heterocycles. The van der Waals surface area contributed by atoms with Crippen molar-refractivity contribution in [3.05, 3.63) is 53.2 Å². The highest BCUT2D eigenvalue weighted by molar-refractivity contribution is 5.84. The number of nitrogens with zero attached hydrogens (tertiary/aromatic N) is 4. The zero-order chi connectivity index (χ0) is 21.0. The topological polar surface area (TPSA) is 108 Å². The van der Waals surface area contributed by atoms with Gasteiger partial charge in [-0.3, -0.25) is 14.2 Å². The molecule has 0 aliphatic heterocycles. The number of benzene rings is 1. The zero-order valence-corrected chi connectivity index (χ0v) is 16.5. The molecule has 0 spiro atoms. The van der Waals surface area contributed by atoms with Crippen LogP contribution in [0.5, 0.6) is 0 Å². The second-order valence-corrected chi connectivity index (χ2v) is 6.76. The third kappa shape index (κ3) is 4.18. The van der Waals surface area contributed by atoms with Gasteiger partial charge < -0.3 is 10.1 Å². The standard InChI is InChI=1S/C20H23N5O4/c1-4-13(2)17(20(28)29-3)23-16(26)11-24-12-21-18-15(19(24)27)10-22-25(18)14-8-6-5-7-9-14/h5-10,12-13,17H,4,11H2,1-3H3,(H,23,26)/t13-,17-/m0/s1. The lowest BCUT2D eigenvalue weighted by Gasteiger charge is -2.21. The second kappa shape index (κ2) is 8.68. The van der Waals surface area contributed by atoms with Crippen molar-refractivity contribution in [1.29, 1.82) is 0 Å². The molecule has 0 saturated carbocycles. The smallest absolute Gasteiger partial charge is 0.328 e. The normalized spacial score (nSPS) is 13.1. The van der Waals surface area contributed by atoms with Crippen molar-refractivity contribution in [2.75, 3.05) is 7.11 Å². The first-order valence-electron chi connectivity index (χ1n) is 9.32. The van der Waals surface area contributed by atoms with Gasteiger partial charge in [-0.2, -0.15) is 5.10 Å². The van der Waals surface area contributed by atoms with Crippen LogP contribution in [0, 0.1) is 5.92 Å². The number of hydrogen-bond acceptors (Lipinski definition) is 6. The fourth-order valence-electron chi connectivity index (χ4n) is 2.99. The van der Waals surface area contributed by atoms with Crippen LogP contribution in [0.25, 0.3) is 16.7 Å². The van der Waals surface area contributed by atoms with Gasteiger partial charge in [0, 0.05) is 0 Å². The summed E-state index contributed by atoms with van der Waals surface area (Å²) < 4.78 is 7.53. The molecule has 152 valence electrons. The molecule has 3 aromatic rings. The van der Waals surface area contributed by atoms with E-state index in [-0.39, 0.29) is 18.0 Å².